The number of benzene rings is 1. The van der Waals surface area contributed by atoms with Gasteiger partial charge in [-0.3, -0.25) is 4.79 Å². The predicted octanol–water partition coefficient (Wildman–Crippen LogP) is 2.08. The highest BCUT2D eigenvalue weighted by atomic mass is 16.5. The van der Waals surface area contributed by atoms with E-state index < -0.39 is 5.56 Å². The van der Waals surface area contributed by atoms with Crippen LogP contribution in [0.15, 0.2) is 35.4 Å². The van der Waals surface area contributed by atoms with Crippen molar-refractivity contribution in [3.05, 3.63) is 46.5 Å². The molecule has 1 aromatic heterocycles. The molecule has 1 aromatic carbocycles. The van der Waals surface area contributed by atoms with Gasteiger partial charge in [-0.25, -0.2) is 4.98 Å². The van der Waals surface area contributed by atoms with Crippen LogP contribution in [0.4, 0.5) is 5.69 Å². The van der Waals surface area contributed by atoms with Crippen molar-refractivity contribution in [1.29, 1.82) is 0 Å². The number of nitrogens with one attached hydrogen (secondary N) is 2. The number of nitrogens with two attached hydrogens (primary N) is 1. The van der Waals surface area contributed by atoms with Gasteiger partial charge in [0.25, 0.3) is 5.56 Å². The fraction of sp³-hybridized carbons (Fsp3) is 0.412. The SMILES string of the molecule is Nc1c(Oc2ccc(CCC3CCNCC3)cc2)nc[nH]c1=O. The fourth-order valence-corrected chi connectivity index (χ4v) is 2.85. The molecule has 0 radical (unpaired) electrons. The Morgan fingerprint density at radius 2 is 1.96 bits per heavy atom. The lowest BCUT2D eigenvalue weighted by atomic mass is 9.91. The number of aromatic amines is 1. The molecule has 1 saturated heterocycles. The lowest BCUT2D eigenvalue weighted by Crippen LogP contribution is -2.27. The van der Waals surface area contributed by atoms with Crippen molar-refractivity contribution in [2.24, 2.45) is 5.92 Å². The molecule has 0 aliphatic carbocycles. The van der Waals surface area contributed by atoms with Crippen molar-refractivity contribution in [2.45, 2.75) is 25.7 Å². The number of hydrogen-bond donors (Lipinski definition) is 3. The molecule has 6 heteroatoms. The Morgan fingerprint density at radius 1 is 1.22 bits per heavy atom. The molecule has 0 amide bonds. The summed E-state index contributed by atoms with van der Waals surface area (Å²) in [5.74, 6) is 1.59. The fourth-order valence-electron chi connectivity index (χ4n) is 2.85. The minimum absolute atomic E-state index is 0.0116. The van der Waals surface area contributed by atoms with Crippen LogP contribution < -0.4 is 21.3 Å². The highest BCUT2D eigenvalue weighted by molar-refractivity contribution is 5.47. The van der Waals surface area contributed by atoms with Gasteiger partial charge in [-0.05, 0) is 62.4 Å². The maximum absolute atomic E-state index is 11.4. The average molecular weight is 314 g/mol. The van der Waals surface area contributed by atoms with Gasteiger partial charge < -0.3 is 20.8 Å². The van der Waals surface area contributed by atoms with Crippen LogP contribution in [0.1, 0.15) is 24.8 Å². The van der Waals surface area contributed by atoms with Gasteiger partial charge in [-0.2, -0.15) is 0 Å². The van der Waals surface area contributed by atoms with Gasteiger partial charge in [-0.1, -0.05) is 12.1 Å². The van der Waals surface area contributed by atoms with E-state index in [1.165, 1.54) is 31.2 Å². The zero-order valence-corrected chi connectivity index (χ0v) is 13.0. The van der Waals surface area contributed by atoms with Gasteiger partial charge in [0.2, 0.25) is 5.88 Å². The van der Waals surface area contributed by atoms with Crippen LogP contribution in [-0.2, 0) is 6.42 Å². The summed E-state index contributed by atoms with van der Waals surface area (Å²) in [6.45, 7) is 2.28. The van der Waals surface area contributed by atoms with E-state index in [1.807, 2.05) is 12.1 Å². The molecule has 3 rings (SSSR count). The molecule has 0 spiro atoms. The smallest absolute Gasteiger partial charge is 0.277 e. The maximum Gasteiger partial charge on any atom is 0.277 e. The molecule has 1 aliphatic heterocycles. The van der Waals surface area contributed by atoms with E-state index in [2.05, 4.69) is 27.4 Å². The van der Waals surface area contributed by atoms with Crippen LogP contribution in [-0.4, -0.2) is 23.1 Å². The second-order valence-corrected chi connectivity index (χ2v) is 5.93. The second kappa shape index (κ2) is 7.28. The summed E-state index contributed by atoms with van der Waals surface area (Å²) < 4.78 is 5.58. The Labute approximate surface area is 135 Å². The van der Waals surface area contributed by atoms with E-state index in [0.29, 0.717) is 5.75 Å². The van der Waals surface area contributed by atoms with Crippen molar-refractivity contribution in [3.8, 4) is 11.6 Å². The monoisotopic (exact) mass is 314 g/mol. The second-order valence-electron chi connectivity index (χ2n) is 5.93. The topological polar surface area (TPSA) is 93.0 Å². The minimum Gasteiger partial charge on any atom is -0.437 e. The normalized spacial score (nSPS) is 15.5. The number of aryl methyl sites for hydroxylation is 1. The van der Waals surface area contributed by atoms with Crippen LogP contribution in [0.25, 0.3) is 0 Å². The molecule has 1 fully saturated rings. The average Bonchev–Trinajstić information content (AvgIpc) is 2.59. The molecule has 0 atom stereocenters. The standard InChI is InChI=1S/C17H22N4O2/c18-15-16(22)20-11-21-17(15)23-14-5-3-12(4-6-14)1-2-13-7-9-19-10-8-13/h3-6,11,13,19H,1-2,7-10,18H2,(H,20,21,22). The first kappa shape index (κ1) is 15.6. The van der Waals surface area contributed by atoms with E-state index in [4.69, 9.17) is 10.5 Å². The van der Waals surface area contributed by atoms with Gasteiger partial charge in [0, 0.05) is 0 Å². The van der Waals surface area contributed by atoms with Gasteiger partial charge in [0.1, 0.15) is 5.75 Å². The summed E-state index contributed by atoms with van der Waals surface area (Å²) in [5.41, 5.74) is 6.54. The molecule has 4 N–H and O–H groups in total. The summed E-state index contributed by atoms with van der Waals surface area (Å²) in [6, 6.07) is 7.89. The summed E-state index contributed by atoms with van der Waals surface area (Å²) >= 11 is 0. The van der Waals surface area contributed by atoms with E-state index >= 15 is 0 Å². The molecule has 122 valence electrons. The number of rotatable bonds is 5. The highest BCUT2D eigenvalue weighted by Crippen LogP contribution is 2.24. The zero-order valence-electron chi connectivity index (χ0n) is 13.0. The molecule has 23 heavy (non-hydrogen) atoms. The maximum atomic E-state index is 11.4. The molecule has 1 aliphatic rings. The first-order valence-electron chi connectivity index (χ1n) is 8.03. The summed E-state index contributed by atoms with van der Waals surface area (Å²) in [5, 5.41) is 3.39. The number of hydrogen-bond acceptors (Lipinski definition) is 5. The first-order chi connectivity index (χ1) is 11.2. The van der Waals surface area contributed by atoms with Crippen LogP contribution in [0.2, 0.25) is 0 Å². The Kier molecular flexibility index (Phi) is 4.92. The van der Waals surface area contributed by atoms with Crippen LogP contribution >= 0.6 is 0 Å². The molecule has 2 heterocycles. The highest BCUT2D eigenvalue weighted by Gasteiger charge is 2.12. The first-order valence-corrected chi connectivity index (χ1v) is 8.03. The number of nitrogens with zero attached hydrogens (tertiary/aromatic N) is 1. The van der Waals surface area contributed by atoms with Crippen molar-refractivity contribution in [3.63, 3.8) is 0 Å². The lowest BCUT2D eigenvalue weighted by molar-refractivity contribution is 0.354. The summed E-state index contributed by atoms with van der Waals surface area (Å²) in [4.78, 5) is 17.8. The van der Waals surface area contributed by atoms with Crippen molar-refractivity contribution in [2.75, 3.05) is 18.8 Å². The van der Waals surface area contributed by atoms with Crippen LogP contribution in [0.5, 0.6) is 11.6 Å². The lowest BCUT2D eigenvalue weighted by Gasteiger charge is -2.22. The molecular formula is C17H22N4O2. The van der Waals surface area contributed by atoms with E-state index in [0.717, 1.165) is 25.4 Å². The molecule has 0 saturated carbocycles. The van der Waals surface area contributed by atoms with Crippen molar-refractivity contribution in [1.82, 2.24) is 15.3 Å². The summed E-state index contributed by atoms with van der Waals surface area (Å²) in [7, 11) is 0. The third-order valence-corrected chi connectivity index (χ3v) is 4.29. The number of H-pyrrole nitrogens is 1. The predicted molar refractivity (Wildman–Crippen MR) is 89.7 cm³/mol. The number of aromatic nitrogens is 2. The van der Waals surface area contributed by atoms with Crippen molar-refractivity contribution < 1.29 is 4.74 Å². The molecule has 0 unspecified atom stereocenters. The van der Waals surface area contributed by atoms with Gasteiger partial charge in [0.15, 0.2) is 5.69 Å². The van der Waals surface area contributed by atoms with Gasteiger partial charge >= 0.3 is 0 Å². The summed E-state index contributed by atoms with van der Waals surface area (Å²) in [6.07, 6.45) is 6.13. The van der Waals surface area contributed by atoms with Gasteiger partial charge in [-0.15, -0.1) is 0 Å². The quantitative estimate of drug-likeness (QED) is 0.785. The Bertz CT molecular complexity index is 690. The molecule has 2 aromatic rings. The Morgan fingerprint density at radius 3 is 2.70 bits per heavy atom. The van der Waals surface area contributed by atoms with E-state index in [-0.39, 0.29) is 11.6 Å². The number of piperidine rings is 1. The third-order valence-electron chi connectivity index (χ3n) is 4.29. The zero-order chi connectivity index (χ0) is 16.1. The third kappa shape index (κ3) is 4.10. The van der Waals surface area contributed by atoms with Crippen molar-refractivity contribution >= 4 is 5.69 Å². The molecule has 6 nitrogen and oxygen atoms in total. The molecular weight excluding hydrogens is 292 g/mol. The largest absolute Gasteiger partial charge is 0.437 e. The van der Waals surface area contributed by atoms with Crippen LogP contribution in [0, 0.1) is 5.92 Å². The number of ether oxygens (including phenoxy) is 1. The molecule has 0 bridgehead atoms. The van der Waals surface area contributed by atoms with Gasteiger partial charge in [0.05, 0.1) is 6.33 Å². The van der Waals surface area contributed by atoms with E-state index in [1.54, 1.807) is 0 Å². The van der Waals surface area contributed by atoms with Crippen LogP contribution in [0.3, 0.4) is 0 Å². The number of anilines is 1. The Balaban J connectivity index is 1.58. The number of nitrogen functional groups attached to an aromatic ring is 1. The Hall–Kier alpha value is -2.34. The minimum atomic E-state index is -0.395. The van der Waals surface area contributed by atoms with E-state index in [9.17, 15) is 4.79 Å².